The molecular weight excluding hydrogens is 371 g/mol. The number of nitrogens with zero attached hydrogens (tertiary/aromatic N) is 1. The van der Waals surface area contributed by atoms with Gasteiger partial charge in [-0.15, -0.1) is 0 Å². The molecule has 1 atom stereocenters. The molecule has 1 heterocycles. The van der Waals surface area contributed by atoms with Crippen molar-refractivity contribution >= 4 is 9.84 Å². The molecule has 4 rings (SSSR count). The SMILES string of the molecule is N#Cc1cc(F)cc(Oc2ccc3c4c2CCC4(O)C(F)(F)S3(=O)=O)c1. The molecule has 0 amide bonds. The van der Waals surface area contributed by atoms with E-state index in [0.29, 0.717) is 0 Å². The van der Waals surface area contributed by atoms with Crippen molar-refractivity contribution in [2.24, 2.45) is 0 Å². The van der Waals surface area contributed by atoms with Crippen molar-refractivity contribution in [1.29, 1.82) is 5.26 Å². The van der Waals surface area contributed by atoms with Gasteiger partial charge in [0.05, 0.1) is 16.5 Å². The van der Waals surface area contributed by atoms with Crippen LogP contribution in [0.2, 0.25) is 0 Å². The summed E-state index contributed by atoms with van der Waals surface area (Å²) in [6.45, 7) is 0. The molecule has 2 aromatic carbocycles. The summed E-state index contributed by atoms with van der Waals surface area (Å²) in [6, 6.07) is 7.17. The van der Waals surface area contributed by atoms with Gasteiger partial charge < -0.3 is 9.84 Å². The number of aliphatic hydroxyl groups is 1. The van der Waals surface area contributed by atoms with Crippen molar-refractivity contribution in [3.8, 4) is 17.6 Å². The Bertz CT molecular complexity index is 1110. The predicted molar refractivity (Wildman–Crippen MR) is 82.0 cm³/mol. The van der Waals surface area contributed by atoms with Crippen molar-refractivity contribution in [1.82, 2.24) is 0 Å². The van der Waals surface area contributed by atoms with Gasteiger partial charge in [0.2, 0.25) is 9.84 Å². The highest BCUT2D eigenvalue weighted by Gasteiger charge is 2.72. The second-order valence-corrected chi connectivity index (χ2v) is 8.14. The summed E-state index contributed by atoms with van der Waals surface area (Å²) >= 11 is 0. The molecular formula is C17H10F3NO4S. The number of rotatable bonds is 2. The third kappa shape index (κ3) is 1.91. The Labute approximate surface area is 146 Å². The molecule has 134 valence electrons. The lowest BCUT2D eigenvalue weighted by Crippen LogP contribution is -2.43. The smallest absolute Gasteiger partial charge is 0.381 e. The van der Waals surface area contributed by atoms with Crippen LogP contribution in [0.1, 0.15) is 23.1 Å². The molecule has 1 aliphatic carbocycles. The molecule has 2 aliphatic rings. The van der Waals surface area contributed by atoms with Gasteiger partial charge in [-0.25, -0.2) is 12.8 Å². The number of nitriles is 1. The van der Waals surface area contributed by atoms with Crippen LogP contribution in [0.15, 0.2) is 35.2 Å². The Kier molecular flexibility index (Phi) is 3.24. The first-order valence-corrected chi connectivity index (χ1v) is 9.00. The van der Waals surface area contributed by atoms with E-state index in [4.69, 9.17) is 10.00 Å². The maximum Gasteiger partial charge on any atom is 0.381 e. The summed E-state index contributed by atoms with van der Waals surface area (Å²) in [5.74, 6) is -0.731. The zero-order chi connectivity index (χ0) is 18.9. The number of hydrogen-bond donors (Lipinski definition) is 1. The van der Waals surface area contributed by atoms with Crippen LogP contribution in [0, 0.1) is 17.1 Å². The van der Waals surface area contributed by atoms with E-state index in [9.17, 15) is 26.7 Å². The quantitative estimate of drug-likeness (QED) is 0.864. The average Bonchev–Trinajstić information content (AvgIpc) is 2.98. The van der Waals surface area contributed by atoms with Crippen molar-refractivity contribution in [3.63, 3.8) is 0 Å². The van der Waals surface area contributed by atoms with E-state index in [0.717, 1.165) is 18.2 Å². The molecule has 26 heavy (non-hydrogen) atoms. The molecule has 0 bridgehead atoms. The number of alkyl halides is 2. The zero-order valence-corrected chi connectivity index (χ0v) is 13.8. The molecule has 1 N–H and O–H groups in total. The Balaban J connectivity index is 1.87. The van der Waals surface area contributed by atoms with Gasteiger partial charge >= 0.3 is 5.25 Å². The van der Waals surface area contributed by atoms with Gasteiger partial charge in [-0.1, -0.05) is 0 Å². The van der Waals surface area contributed by atoms with Crippen LogP contribution >= 0.6 is 0 Å². The van der Waals surface area contributed by atoms with Gasteiger partial charge in [0.25, 0.3) is 0 Å². The molecule has 9 heteroatoms. The van der Waals surface area contributed by atoms with E-state index in [1.165, 1.54) is 12.1 Å². The lowest BCUT2D eigenvalue weighted by atomic mass is 9.96. The van der Waals surface area contributed by atoms with Crippen LogP contribution in [-0.4, -0.2) is 18.8 Å². The van der Waals surface area contributed by atoms with Crippen molar-refractivity contribution in [2.75, 3.05) is 0 Å². The topological polar surface area (TPSA) is 87.4 Å². The third-order valence-electron chi connectivity index (χ3n) is 4.72. The average molecular weight is 381 g/mol. The summed E-state index contributed by atoms with van der Waals surface area (Å²) in [5, 5.41) is 14.9. The van der Waals surface area contributed by atoms with Crippen LogP contribution < -0.4 is 4.74 Å². The Morgan fingerprint density at radius 1 is 1.23 bits per heavy atom. The fourth-order valence-corrected chi connectivity index (χ4v) is 5.26. The van der Waals surface area contributed by atoms with Crippen molar-refractivity contribution in [2.45, 2.75) is 28.6 Å². The summed E-state index contributed by atoms with van der Waals surface area (Å²) in [6.07, 6.45) is -0.505. The Morgan fingerprint density at radius 2 is 1.96 bits per heavy atom. The normalized spacial score (nSPS) is 24.1. The van der Waals surface area contributed by atoms with E-state index in [1.807, 2.05) is 0 Å². The second-order valence-electron chi connectivity index (χ2n) is 6.19. The minimum Gasteiger partial charge on any atom is -0.457 e. The highest BCUT2D eigenvalue weighted by molar-refractivity contribution is 7.93. The minimum absolute atomic E-state index is 0.00296. The van der Waals surface area contributed by atoms with E-state index < -0.39 is 37.8 Å². The molecule has 0 spiro atoms. The molecule has 5 nitrogen and oxygen atoms in total. The lowest BCUT2D eigenvalue weighted by molar-refractivity contribution is -0.125. The first-order valence-electron chi connectivity index (χ1n) is 7.51. The largest absolute Gasteiger partial charge is 0.457 e. The molecule has 2 aromatic rings. The number of halogens is 3. The van der Waals surface area contributed by atoms with Gasteiger partial charge in [-0.05, 0) is 37.1 Å². The van der Waals surface area contributed by atoms with Crippen LogP contribution in [0.4, 0.5) is 13.2 Å². The summed E-state index contributed by atoms with van der Waals surface area (Å²) in [7, 11) is -5.01. The van der Waals surface area contributed by atoms with Gasteiger partial charge in [-0.2, -0.15) is 14.0 Å². The monoisotopic (exact) mass is 381 g/mol. The predicted octanol–water partition coefficient (Wildman–Crippen LogP) is 3.00. The first-order chi connectivity index (χ1) is 12.1. The molecule has 0 aromatic heterocycles. The zero-order valence-electron chi connectivity index (χ0n) is 13.0. The molecule has 0 saturated heterocycles. The molecule has 1 unspecified atom stereocenters. The number of ether oxygens (including phenoxy) is 1. The highest BCUT2D eigenvalue weighted by atomic mass is 32.2. The van der Waals surface area contributed by atoms with Crippen molar-refractivity contribution in [3.05, 3.63) is 52.8 Å². The van der Waals surface area contributed by atoms with E-state index >= 15 is 0 Å². The van der Waals surface area contributed by atoms with Gasteiger partial charge in [0, 0.05) is 17.2 Å². The van der Waals surface area contributed by atoms with Crippen LogP contribution in [0.25, 0.3) is 0 Å². The summed E-state index contributed by atoms with van der Waals surface area (Å²) in [4.78, 5) is -0.623. The summed E-state index contributed by atoms with van der Waals surface area (Å²) in [5.41, 5.74) is -3.04. The van der Waals surface area contributed by atoms with Crippen LogP contribution in [-0.2, 0) is 21.9 Å². The van der Waals surface area contributed by atoms with Crippen molar-refractivity contribution < 1.29 is 31.4 Å². The Morgan fingerprint density at radius 3 is 2.65 bits per heavy atom. The number of sulfone groups is 1. The van der Waals surface area contributed by atoms with E-state index in [1.54, 1.807) is 6.07 Å². The Hall–Kier alpha value is -2.57. The molecule has 0 saturated carbocycles. The lowest BCUT2D eigenvalue weighted by Gasteiger charge is -2.24. The third-order valence-corrected chi connectivity index (χ3v) is 6.65. The van der Waals surface area contributed by atoms with Gasteiger partial charge in [-0.3, -0.25) is 0 Å². The highest BCUT2D eigenvalue weighted by Crippen LogP contribution is 2.60. The van der Waals surface area contributed by atoms with E-state index in [2.05, 4.69) is 0 Å². The van der Waals surface area contributed by atoms with E-state index in [-0.39, 0.29) is 34.6 Å². The number of benzene rings is 2. The first kappa shape index (κ1) is 16.9. The molecule has 0 radical (unpaired) electrons. The van der Waals surface area contributed by atoms with Gasteiger partial charge in [0.1, 0.15) is 17.3 Å². The maximum absolute atomic E-state index is 14.3. The molecule has 0 fully saturated rings. The van der Waals surface area contributed by atoms with Crippen LogP contribution in [0.5, 0.6) is 11.5 Å². The number of hydrogen-bond acceptors (Lipinski definition) is 5. The minimum atomic E-state index is -5.01. The molecule has 1 aliphatic heterocycles. The second kappa shape index (κ2) is 4.99. The fraction of sp³-hybridized carbons (Fsp3) is 0.235. The standard InChI is InChI=1S/C17H10F3NO4S/c18-10-5-9(8-21)6-11(7-10)25-13-1-2-14-15-12(13)3-4-16(15,22)17(19,20)26(14,23)24/h1-2,5-7,22H,3-4H2. The van der Waals surface area contributed by atoms with Crippen LogP contribution in [0.3, 0.4) is 0 Å². The fourth-order valence-electron chi connectivity index (χ4n) is 3.52. The maximum atomic E-state index is 14.3. The van der Waals surface area contributed by atoms with Gasteiger partial charge in [0.15, 0.2) is 5.60 Å². The summed E-state index contributed by atoms with van der Waals surface area (Å²) < 4.78 is 71.9.